The SMILES string of the molecule is CCCCCCC/C=C\CCCCCCCC(=O)OCCCCCC/C=C\CCCCCCCCCC(=O)NC(CO)C(O)CCCCCCCCCCCC. The van der Waals surface area contributed by atoms with E-state index >= 15 is 0 Å². The number of carbonyl (C=O) groups is 2. The van der Waals surface area contributed by atoms with Crippen molar-refractivity contribution in [1.29, 1.82) is 0 Å². The van der Waals surface area contributed by atoms with Gasteiger partial charge in [-0.15, -0.1) is 0 Å². The fraction of sp³-hybridized carbons (Fsp3) is 0.880. The van der Waals surface area contributed by atoms with Crippen LogP contribution in [0.1, 0.15) is 258 Å². The second kappa shape index (κ2) is 46.0. The van der Waals surface area contributed by atoms with Crippen LogP contribution in [0.25, 0.3) is 0 Å². The smallest absolute Gasteiger partial charge is 0.305 e. The molecule has 0 aliphatic rings. The van der Waals surface area contributed by atoms with Gasteiger partial charge in [0.2, 0.25) is 5.91 Å². The fourth-order valence-corrected chi connectivity index (χ4v) is 7.39. The molecule has 0 aromatic carbocycles. The molecule has 0 rings (SSSR count). The molecule has 2 atom stereocenters. The quantitative estimate of drug-likeness (QED) is 0.0324. The fourth-order valence-electron chi connectivity index (χ4n) is 7.39. The third-order valence-corrected chi connectivity index (χ3v) is 11.2. The summed E-state index contributed by atoms with van der Waals surface area (Å²) in [5.74, 6) is -0.0721. The van der Waals surface area contributed by atoms with Gasteiger partial charge in [0.25, 0.3) is 0 Å². The second-order valence-electron chi connectivity index (χ2n) is 16.8. The summed E-state index contributed by atoms with van der Waals surface area (Å²) in [5.41, 5.74) is 0. The number of hydrogen-bond acceptors (Lipinski definition) is 5. The molecular weight excluding hydrogens is 695 g/mol. The van der Waals surface area contributed by atoms with Gasteiger partial charge in [-0.05, 0) is 77.0 Å². The molecule has 2 unspecified atom stereocenters. The van der Waals surface area contributed by atoms with Crippen LogP contribution in [-0.4, -0.2) is 47.4 Å². The number of ether oxygens (including phenoxy) is 1. The Bertz CT molecular complexity index is 874. The molecule has 6 nitrogen and oxygen atoms in total. The van der Waals surface area contributed by atoms with Gasteiger partial charge in [-0.1, -0.05) is 192 Å². The van der Waals surface area contributed by atoms with E-state index in [2.05, 4.69) is 43.5 Å². The normalized spacial score (nSPS) is 12.9. The van der Waals surface area contributed by atoms with Crippen LogP contribution in [0.3, 0.4) is 0 Å². The van der Waals surface area contributed by atoms with Crippen LogP contribution in [0.4, 0.5) is 0 Å². The molecule has 6 heteroatoms. The molecule has 0 aromatic rings. The maximum atomic E-state index is 12.4. The third kappa shape index (κ3) is 42.0. The van der Waals surface area contributed by atoms with Crippen molar-refractivity contribution in [3.63, 3.8) is 0 Å². The summed E-state index contributed by atoms with van der Waals surface area (Å²) in [6, 6.07) is -0.551. The van der Waals surface area contributed by atoms with Crippen LogP contribution in [0.15, 0.2) is 24.3 Å². The van der Waals surface area contributed by atoms with Crippen molar-refractivity contribution in [2.45, 2.75) is 270 Å². The van der Waals surface area contributed by atoms with Crippen molar-refractivity contribution in [2.75, 3.05) is 13.2 Å². The zero-order valence-corrected chi connectivity index (χ0v) is 37.4. The molecule has 0 aromatic heterocycles. The van der Waals surface area contributed by atoms with Crippen molar-refractivity contribution in [2.24, 2.45) is 0 Å². The number of esters is 1. The Balaban J connectivity index is 3.47. The minimum Gasteiger partial charge on any atom is -0.466 e. The summed E-state index contributed by atoms with van der Waals surface area (Å²) in [6.45, 7) is 4.88. The monoisotopic (exact) mass is 790 g/mol. The summed E-state index contributed by atoms with van der Waals surface area (Å²) < 4.78 is 5.44. The van der Waals surface area contributed by atoms with Crippen molar-refractivity contribution < 1.29 is 24.5 Å². The van der Waals surface area contributed by atoms with Gasteiger partial charge in [0.05, 0.1) is 25.4 Å². The van der Waals surface area contributed by atoms with Gasteiger partial charge in [0.1, 0.15) is 0 Å². The number of nitrogens with one attached hydrogen (secondary N) is 1. The van der Waals surface area contributed by atoms with Crippen molar-refractivity contribution >= 4 is 11.9 Å². The first-order valence-corrected chi connectivity index (χ1v) is 24.6. The number of aliphatic hydroxyl groups is 2. The molecule has 0 heterocycles. The number of aliphatic hydroxyl groups excluding tert-OH is 2. The van der Waals surface area contributed by atoms with E-state index in [1.54, 1.807) is 0 Å². The number of allylic oxidation sites excluding steroid dienone is 4. The van der Waals surface area contributed by atoms with E-state index in [0.29, 0.717) is 25.9 Å². The third-order valence-electron chi connectivity index (χ3n) is 11.2. The summed E-state index contributed by atoms with van der Waals surface area (Å²) in [7, 11) is 0. The van der Waals surface area contributed by atoms with Crippen LogP contribution in [0.5, 0.6) is 0 Å². The molecule has 0 saturated carbocycles. The largest absolute Gasteiger partial charge is 0.466 e. The Kier molecular flexibility index (Phi) is 44.7. The highest BCUT2D eigenvalue weighted by molar-refractivity contribution is 5.76. The summed E-state index contributed by atoms with van der Waals surface area (Å²) >= 11 is 0. The van der Waals surface area contributed by atoms with E-state index in [0.717, 1.165) is 70.6 Å². The van der Waals surface area contributed by atoms with Crippen LogP contribution in [0.2, 0.25) is 0 Å². The molecule has 3 N–H and O–H groups in total. The molecule has 0 aliphatic heterocycles. The molecule has 56 heavy (non-hydrogen) atoms. The zero-order valence-electron chi connectivity index (χ0n) is 37.4. The van der Waals surface area contributed by atoms with E-state index in [-0.39, 0.29) is 18.5 Å². The minimum absolute atomic E-state index is 0.0192. The lowest BCUT2D eigenvalue weighted by molar-refractivity contribution is -0.143. The van der Waals surface area contributed by atoms with E-state index in [9.17, 15) is 19.8 Å². The van der Waals surface area contributed by atoms with Gasteiger partial charge in [0.15, 0.2) is 0 Å². The Labute approximate surface area is 348 Å². The van der Waals surface area contributed by atoms with Crippen molar-refractivity contribution in [1.82, 2.24) is 5.32 Å². The van der Waals surface area contributed by atoms with Crippen LogP contribution >= 0.6 is 0 Å². The Morgan fingerprint density at radius 2 is 0.839 bits per heavy atom. The summed E-state index contributed by atoms with van der Waals surface area (Å²) in [6.07, 6.45) is 52.8. The number of rotatable bonds is 45. The predicted molar refractivity (Wildman–Crippen MR) is 241 cm³/mol. The number of unbranched alkanes of at least 4 members (excludes halogenated alkanes) is 30. The van der Waals surface area contributed by atoms with E-state index < -0.39 is 12.1 Å². The average Bonchev–Trinajstić information content (AvgIpc) is 3.20. The van der Waals surface area contributed by atoms with Gasteiger partial charge in [-0.3, -0.25) is 9.59 Å². The number of amides is 1. The highest BCUT2D eigenvalue weighted by Crippen LogP contribution is 2.15. The highest BCUT2D eigenvalue weighted by atomic mass is 16.5. The lowest BCUT2D eigenvalue weighted by atomic mass is 10.0. The van der Waals surface area contributed by atoms with Crippen molar-refractivity contribution in [3.8, 4) is 0 Å². The van der Waals surface area contributed by atoms with Gasteiger partial charge in [0, 0.05) is 12.8 Å². The molecule has 0 saturated heterocycles. The van der Waals surface area contributed by atoms with E-state index in [1.165, 1.54) is 154 Å². The lowest BCUT2D eigenvalue weighted by Crippen LogP contribution is -2.45. The first kappa shape index (κ1) is 54.3. The first-order chi connectivity index (χ1) is 27.5. The number of hydrogen-bond donors (Lipinski definition) is 3. The summed E-state index contributed by atoms with van der Waals surface area (Å²) in [4.78, 5) is 24.4. The predicted octanol–water partition coefficient (Wildman–Crippen LogP) is 14.3. The highest BCUT2D eigenvalue weighted by Gasteiger charge is 2.20. The molecular formula is C50H95NO5. The van der Waals surface area contributed by atoms with Crippen molar-refractivity contribution in [3.05, 3.63) is 24.3 Å². The standard InChI is InChI=1S/C50H95NO5/c1-3-5-7-9-11-13-15-16-21-24-28-32-36-40-44-50(55)56-45-41-37-33-29-25-22-19-17-18-20-23-27-31-35-39-43-49(54)51-47(46-52)48(53)42-38-34-30-26-14-12-10-8-6-4-2/h15-16,19,22,47-48,52-53H,3-14,17-18,20-21,23-46H2,1-2H3,(H,51,54)/b16-15-,22-19-. The lowest BCUT2D eigenvalue weighted by Gasteiger charge is -2.22. The average molecular weight is 790 g/mol. The molecule has 0 radical (unpaired) electrons. The Morgan fingerprint density at radius 1 is 0.482 bits per heavy atom. The Morgan fingerprint density at radius 3 is 1.27 bits per heavy atom. The number of carbonyl (C=O) groups excluding carboxylic acids is 2. The zero-order chi connectivity index (χ0) is 40.8. The van der Waals surface area contributed by atoms with Crippen LogP contribution in [0, 0.1) is 0 Å². The molecule has 0 aliphatic carbocycles. The van der Waals surface area contributed by atoms with Gasteiger partial charge in [-0.25, -0.2) is 0 Å². The Hall–Kier alpha value is -1.66. The van der Waals surface area contributed by atoms with Crippen LogP contribution < -0.4 is 5.32 Å². The molecule has 330 valence electrons. The summed E-state index contributed by atoms with van der Waals surface area (Å²) in [5, 5.41) is 23.1. The van der Waals surface area contributed by atoms with Gasteiger partial charge >= 0.3 is 5.97 Å². The molecule has 0 fully saturated rings. The molecule has 1 amide bonds. The van der Waals surface area contributed by atoms with E-state index in [1.807, 2.05) is 0 Å². The maximum Gasteiger partial charge on any atom is 0.305 e. The van der Waals surface area contributed by atoms with Gasteiger partial charge < -0.3 is 20.3 Å². The minimum atomic E-state index is -0.672. The van der Waals surface area contributed by atoms with Crippen LogP contribution in [-0.2, 0) is 14.3 Å². The molecule has 0 bridgehead atoms. The van der Waals surface area contributed by atoms with Gasteiger partial charge in [-0.2, -0.15) is 0 Å². The molecule has 0 spiro atoms. The first-order valence-electron chi connectivity index (χ1n) is 24.6. The topological polar surface area (TPSA) is 95.9 Å². The van der Waals surface area contributed by atoms with E-state index in [4.69, 9.17) is 4.74 Å². The second-order valence-corrected chi connectivity index (χ2v) is 16.8. The maximum absolute atomic E-state index is 12.4.